The van der Waals surface area contributed by atoms with Crippen molar-refractivity contribution in [3.8, 4) is 5.75 Å². The molecule has 1 heterocycles. The summed E-state index contributed by atoms with van der Waals surface area (Å²) in [5.41, 5.74) is 0.700. The van der Waals surface area contributed by atoms with E-state index in [1.807, 2.05) is 18.4 Å². The molecule has 0 bridgehead atoms. The van der Waals surface area contributed by atoms with Crippen molar-refractivity contribution in [2.45, 2.75) is 18.9 Å². The molecule has 20 heavy (non-hydrogen) atoms. The summed E-state index contributed by atoms with van der Waals surface area (Å²) in [6.07, 6.45) is 2.01. The summed E-state index contributed by atoms with van der Waals surface area (Å²) in [7, 11) is 0. The number of benzene rings is 1. The highest BCUT2D eigenvalue weighted by Gasteiger charge is 2.05. The van der Waals surface area contributed by atoms with E-state index >= 15 is 0 Å². The predicted octanol–water partition coefficient (Wildman–Crippen LogP) is 4.36. The maximum absolute atomic E-state index is 12.1. The second-order valence-corrected chi connectivity index (χ2v) is 4.93. The molecular weight excluding hydrogens is 284 g/mol. The highest BCUT2D eigenvalue weighted by Crippen LogP contribution is 2.20. The molecule has 0 amide bonds. The summed E-state index contributed by atoms with van der Waals surface area (Å²) in [6.45, 7) is -2.32. The fourth-order valence-electron chi connectivity index (χ4n) is 1.71. The van der Waals surface area contributed by atoms with Crippen molar-refractivity contribution in [3.63, 3.8) is 0 Å². The molecule has 1 aromatic heterocycles. The molecule has 0 saturated carbocycles. The van der Waals surface area contributed by atoms with Crippen LogP contribution in [0.15, 0.2) is 40.8 Å². The number of hydrogen-bond donors (Lipinski definition) is 1. The van der Waals surface area contributed by atoms with Gasteiger partial charge in [0.2, 0.25) is 0 Å². The molecule has 0 fully saturated rings. The number of thioether (sulfide) groups is 1. The second-order valence-electron chi connectivity index (χ2n) is 4.06. The van der Waals surface area contributed by atoms with Gasteiger partial charge in [0.25, 0.3) is 0 Å². The van der Waals surface area contributed by atoms with Crippen molar-refractivity contribution in [1.29, 1.82) is 0 Å². The van der Waals surface area contributed by atoms with E-state index < -0.39 is 6.61 Å². The van der Waals surface area contributed by atoms with Gasteiger partial charge in [-0.1, -0.05) is 6.07 Å². The maximum Gasteiger partial charge on any atom is 0.387 e. The van der Waals surface area contributed by atoms with Gasteiger partial charge in [0, 0.05) is 11.8 Å². The molecule has 0 aliphatic heterocycles. The third-order valence-corrected chi connectivity index (χ3v) is 3.10. The van der Waals surface area contributed by atoms with E-state index in [0.29, 0.717) is 12.2 Å². The van der Waals surface area contributed by atoms with Crippen molar-refractivity contribution in [1.82, 2.24) is 0 Å². The molecule has 0 aliphatic rings. The van der Waals surface area contributed by atoms with Crippen molar-refractivity contribution >= 4 is 17.4 Å². The maximum atomic E-state index is 12.1. The molecule has 108 valence electrons. The van der Waals surface area contributed by atoms with E-state index in [9.17, 15) is 8.78 Å². The number of ether oxygens (including phenoxy) is 1. The quantitative estimate of drug-likeness (QED) is 0.824. The summed E-state index contributed by atoms with van der Waals surface area (Å²) in [5.74, 6) is 2.68. The van der Waals surface area contributed by atoms with Crippen LogP contribution in [0.4, 0.5) is 14.5 Å². The first-order chi connectivity index (χ1) is 9.67. The minimum atomic E-state index is -2.82. The predicted molar refractivity (Wildman–Crippen MR) is 76.3 cm³/mol. The lowest BCUT2D eigenvalue weighted by Crippen LogP contribution is -2.03. The summed E-state index contributed by atoms with van der Waals surface area (Å²) in [5, 5.41) is 3.10. The van der Waals surface area contributed by atoms with E-state index in [0.717, 1.165) is 17.3 Å². The molecule has 0 spiro atoms. The number of hydrogen-bond acceptors (Lipinski definition) is 4. The fraction of sp³-hybridized carbons (Fsp3) is 0.286. The van der Waals surface area contributed by atoms with E-state index in [4.69, 9.17) is 4.42 Å². The SMILES string of the molecule is CSCc1ccc(CNc2cccc(OC(F)F)c2)o1. The van der Waals surface area contributed by atoms with Crippen molar-refractivity contribution in [2.75, 3.05) is 11.6 Å². The molecule has 3 nitrogen and oxygen atoms in total. The second kappa shape index (κ2) is 7.19. The summed E-state index contributed by atoms with van der Waals surface area (Å²) >= 11 is 1.69. The topological polar surface area (TPSA) is 34.4 Å². The number of alkyl halides is 2. The minimum Gasteiger partial charge on any atom is -0.463 e. The van der Waals surface area contributed by atoms with Gasteiger partial charge in [-0.05, 0) is 30.5 Å². The largest absolute Gasteiger partial charge is 0.463 e. The van der Waals surface area contributed by atoms with Crippen LogP contribution in [-0.4, -0.2) is 12.9 Å². The van der Waals surface area contributed by atoms with Gasteiger partial charge >= 0.3 is 6.61 Å². The highest BCUT2D eigenvalue weighted by atomic mass is 32.2. The van der Waals surface area contributed by atoms with E-state index in [2.05, 4.69) is 10.1 Å². The van der Waals surface area contributed by atoms with Crippen LogP contribution < -0.4 is 10.1 Å². The molecule has 0 radical (unpaired) electrons. The lowest BCUT2D eigenvalue weighted by molar-refractivity contribution is -0.0498. The number of nitrogens with one attached hydrogen (secondary N) is 1. The van der Waals surface area contributed by atoms with Crippen LogP contribution >= 0.6 is 11.8 Å². The molecule has 0 aliphatic carbocycles. The van der Waals surface area contributed by atoms with E-state index in [1.165, 1.54) is 12.1 Å². The van der Waals surface area contributed by atoms with Crippen LogP contribution in [0.1, 0.15) is 11.5 Å². The Morgan fingerprint density at radius 1 is 1.25 bits per heavy atom. The van der Waals surface area contributed by atoms with Gasteiger partial charge in [0.1, 0.15) is 17.3 Å². The Morgan fingerprint density at radius 3 is 2.80 bits per heavy atom. The molecule has 1 aromatic carbocycles. The zero-order valence-corrected chi connectivity index (χ0v) is 11.8. The Labute approximate surface area is 120 Å². The minimum absolute atomic E-state index is 0.132. The lowest BCUT2D eigenvalue weighted by atomic mass is 10.3. The monoisotopic (exact) mass is 299 g/mol. The normalized spacial score (nSPS) is 10.8. The van der Waals surface area contributed by atoms with E-state index in [1.54, 1.807) is 23.9 Å². The third kappa shape index (κ3) is 4.45. The smallest absolute Gasteiger partial charge is 0.387 e. The summed E-state index contributed by atoms with van der Waals surface area (Å²) in [6, 6.07) is 10.3. The number of halogens is 2. The zero-order valence-electron chi connectivity index (χ0n) is 10.9. The van der Waals surface area contributed by atoms with Gasteiger partial charge in [-0.2, -0.15) is 20.5 Å². The standard InChI is InChI=1S/C14H15F2NO2S/c1-20-9-13-6-5-12(18-13)8-17-10-3-2-4-11(7-10)19-14(15)16/h2-7,14,17H,8-9H2,1H3. The van der Waals surface area contributed by atoms with Gasteiger partial charge in [0.05, 0.1) is 12.3 Å². The fourth-order valence-corrected chi connectivity index (χ4v) is 2.15. The van der Waals surface area contributed by atoms with Crippen molar-refractivity contribution in [2.24, 2.45) is 0 Å². The molecule has 6 heteroatoms. The number of anilines is 1. The van der Waals surface area contributed by atoms with Gasteiger partial charge in [0.15, 0.2) is 0 Å². The average Bonchev–Trinajstić information content (AvgIpc) is 2.84. The van der Waals surface area contributed by atoms with Crippen LogP contribution in [0.5, 0.6) is 5.75 Å². The molecule has 0 unspecified atom stereocenters. The molecule has 2 rings (SSSR count). The van der Waals surface area contributed by atoms with Gasteiger partial charge in [-0.3, -0.25) is 0 Å². The highest BCUT2D eigenvalue weighted by molar-refractivity contribution is 7.97. The first-order valence-corrected chi connectivity index (χ1v) is 7.42. The Hall–Kier alpha value is -1.69. The number of furan rings is 1. The van der Waals surface area contributed by atoms with Crippen LogP contribution in [-0.2, 0) is 12.3 Å². The summed E-state index contributed by atoms with van der Waals surface area (Å²) in [4.78, 5) is 0. The molecule has 1 N–H and O–H groups in total. The summed E-state index contributed by atoms with van der Waals surface area (Å²) < 4.78 is 34.2. The first kappa shape index (κ1) is 14.7. The first-order valence-electron chi connectivity index (χ1n) is 6.02. The van der Waals surface area contributed by atoms with Crippen LogP contribution in [0, 0.1) is 0 Å². The zero-order chi connectivity index (χ0) is 14.4. The average molecular weight is 299 g/mol. The Morgan fingerprint density at radius 2 is 2.05 bits per heavy atom. The molecule has 0 saturated heterocycles. The van der Waals surface area contributed by atoms with Crippen LogP contribution in [0.3, 0.4) is 0 Å². The van der Waals surface area contributed by atoms with Gasteiger partial charge in [-0.25, -0.2) is 0 Å². The Kier molecular flexibility index (Phi) is 5.29. The van der Waals surface area contributed by atoms with Gasteiger partial charge < -0.3 is 14.5 Å². The number of rotatable bonds is 7. The van der Waals surface area contributed by atoms with E-state index in [-0.39, 0.29) is 5.75 Å². The van der Waals surface area contributed by atoms with Crippen molar-refractivity contribution in [3.05, 3.63) is 47.9 Å². The third-order valence-electron chi connectivity index (χ3n) is 2.53. The Balaban J connectivity index is 1.92. The Bertz CT molecular complexity index is 545. The molecule has 0 atom stereocenters. The van der Waals surface area contributed by atoms with Crippen LogP contribution in [0.2, 0.25) is 0 Å². The molecule has 2 aromatic rings. The van der Waals surface area contributed by atoms with Crippen molar-refractivity contribution < 1.29 is 17.9 Å². The van der Waals surface area contributed by atoms with Crippen LogP contribution in [0.25, 0.3) is 0 Å². The molecular formula is C14H15F2NO2S. The lowest BCUT2D eigenvalue weighted by Gasteiger charge is -2.08. The van der Waals surface area contributed by atoms with Gasteiger partial charge in [-0.15, -0.1) is 0 Å².